The second kappa shape index (κ2) is 10.9. The zero-order valence-corrected chi connectivity index (χ0v) is 23.2. The highest BCUT2D eigenvalue weighted by atomic mass is 32.1. The Morgan fingerprint density at radius 1 is 0.595 bits per heavy atom. The van der Waals surface area contributed by atoms with Crippen molar-refractivity contribution in [2.75, 3.05) is 0 Å². The maximum Gasteiger partial charge on any atom is 0.337 e. The molecule has 2 heterocycles. The van der Waals surface area contributed by atoms with Crippen molar-refractivity contribution < 1.29 is 30.0 Å². The quantitative estimate of drug-likeness (QED) is 0.142. The number of nitrogens with zero attached hydrogens (tertiary/aromatic N) is 2. The molecule has 0 amide bonds. The van der Waals surface area contributed by atoms with E-state index in [1.165, 1.54) is 47.0 Å². The van der Waals surface area contributed by atoms with Gasteiger partial charge in [0.05, 0.1) is 22.5 Å². The van der Waals surface area contributed by atoms with Gasteiger partial charge in [-0.3, -0.25) is 0 Å². The van der Waals surface area contributed by atoms with E-state index in [1.807, 2.05) is 36.4 Å². The number of hydrogen-bond donors (Lipinski definition) is 4. The minimum absolute atomic E-state index is 0.0577. The maximum atomic E-state index is 12.3. The van der Waals surface area contributed by atoms with Crippen molar-refractivity contribution in [1.29, 1.82) is 0 Å². The standard InChI is InChI=1S/C32H20N2O6S2/c35-27-11-9-17-5-1-3-7-19(17)21(27)13-23(31(37)38)25-15-41-29(33-25)30-34-26(16-42-30)24(32(39)40)14-22-20-8-4-2-6-18(20)10-12-28(22)36/h1-16,35-36H,(H,37,38)(H,39,40)/b23-13-,24-14?. The van der Waals surface area contributed by atoms with E-state index >= 15 is 0 Å². The Morgan fingerprint density at radius 3 is 1.40 bits per heavy atom. The minimum Gasteiger partial charge on any atom is -0.507 e. The van der Waals surface area contributed by atoms with Crippen LogP contribution in [0, 0.1) is 0 Å². The monoisotopic (exact) mass is 592 g/mol. The summed E-state index contributed by atoms with van der Waals surface area (Å²) in [5.74, 6) is -2.55. The number of benzene rings is 4. The number of rotatable bonds is 7. The van der Waals surface area contributed by atoms with Gasteiger partial charge in [-0.05, 0) is 45.8 Å². The Balaban J connectivity index is 1.38. The molecule has 0 unspecified atom stereocenters. The molecule has 0 radical (unpaired) electrons. The minimum atomic E-state index is -1.22. The highest BCUT2D eigenvalue weighted by molar-refractivity contribution is 7.19. The smallest absolute Gasteiger partial charge is 0.337 e. The summed E-state index contributed by atoms with van der Waals surface area (Å²) < 4.78 is 0. The molecule has 0 bridgehead atoms. The van der Waals surface area contributed by atoms with E-state index in [2.05, 4.69) is 9.97 Å². The third kappa shape index (κ3) is 5.00. The van der Waals surface area contributed by atoms with Crippen LogP contribution >= 0.6 is 22.7 Å². The summed E-state index contributed by atoms with van der Waals surface area (Å²) in [4.78, 5) is 33.5. The number of thiazole rings is 2. The highest BCUT2D eigenvalue weighted by Crippen LogP contribution is 2.36. The van der Waals surface area contributed by atoms with Crippen molar-refractivity contribution in [3.63, 3.8) is 0 Å². The highest BCUT2D eigenvalue weighted by Gasteiger charge is 2.21. The molecular formula is C32H20N2O6S2. The molecular weight excluding hydrogens is 572 g/mol. The van der Waals surface area contributed by atoms with Crippen LogP contribution in [0.25, 0.3) is 54.9 Å². The fourth-order valence-corrected chi connectivity index (χ4v) is 6.33. The third-order valence-electron chi connectivity index (χ3n) is 6.68. The predicted molar refractivity (Wildman–Crippen MR) is 165 cm³/mol. The average molecular weight is 593 g/mol. The summed E-state index contributed by atoms with van der Waals surface area (Å²) in [6, 6.07) is 21.2. The van der Waals surface area contributed by atoms with Crippen LogP contribution in [-0.4, -0.2) is 42.3 Å². The van der Waals surface area contributed by atoms with Crippen molar-refractivity contribution in [2.24, 2.45) is 0 Å². The number of carbonyl (C=O) groups is 2. The van der Waals surface area contributed by atoms with Gasteiger partial charge in [0.2, 0.25) is 0 Å². The second-order valence-electron chi connectivity index (χ2n) is 9.24. The van der Waals surface area contributed by atoms with Crippen molar-refractivity contribution in [3.8, 4) is 21.5 Å². The van der Waals surface area contributed by atoms with Crippen LogP contribution in [0.2, 0.25) is 0 Å². The normalized spacial score (nSPS) is 12.2. The van der Waals surface area contributed by atoms with Gasteiger partial charge in [-0.1, -0.05) is 60.7 Å². The first-order valence-corrected chi connectivity index (χ1v) is 14.3. The number of aliphatic carboxylic acids is 2. The number of phenols is 2. The molecule has 0 atom stereocenters. The summed E-state index contributed by atoms with van der Waals surface area (Å²) in [5, 5.41) is 48.1. The summed E-state index contributed by atoms with van der Waals surface area (Å²) in [6.45, 7) is 0. The topological polar surface area (TPSA) is 141 Å². The van der Waals surface area contributed by atoms with Crippen molar-refractivity contribution in [2.45, 2.75) is 0 Å². The molecule has 206 valence electrons. The van der Waals surface area contributed by atoms with E-state index in [4.69, 9.17) is 0 Å². The van der Waals surface area contributed by atoms with E-state index in [0.29, 0.717) is 31.9 Å². The maximum absolute atomic E-state index is 12.3. The van der Waals surface area contributed by atoms with Gasteiger partial charge in [0.15, 0.2) is 10.0 Å². The molecule has 0 aliphatic heterocycles. The largest absolute Gasteiger partial charge is 0.507 e. The van der Waals surface area contributed by atoms with E-state index in [-0.39, 0.29) is 34.0 Å². The lowest BCUT2D eigenvalue weighted by Gasteiger charge is -2.07. The van der Waals surface area contributed by atoms with Crippen molar-refractivity contribution in [3.05, 3.63) is 106 Å². The molecule has 0 aliphatic rings. The van der Waals surface area contributed by atoms with Gasteiger partial charge in [-0.25, -0.2) is 19.6 Å². The number of carboxylic acids is 2. The van der Waals surface area contributed by atoms with E-state index < -0.39 is 11.9 Å². The fraction of sp³-hybridized carbons (Fsp3) is 0. The molecule has 6 rings (SSSR count). The summed E-state index contributed by atoms with van der Waals surface area (Å²) >= 11 is 2.34. The first-order chi connectivity index (χ1) is 20.3. The lowest BCUT2D eigenvalue weighted by molar-refractivity contribution is -0.131. The summed E-state index contributed by atoms with van der Waals surface area (Å²) in [6.07, 6.45) is 2.79. The van der Waals surface area contributed by atoms with Crippen LogP contribution in [0.5, 0.6) is 11.5 Å². The zero-order valence-electron chi connectivity index (χ0n) is 21.6. The molecule has 2 aromatic heterocycles. The molecule has 4 aromatic carbocycles. The molecule has 0 saturated heterocycles. The van der Waals surface area contributed by atoms with Crippen LogP contribution < -0.4 is 0 Å². The molecule has 42 heavy (non-hydrogen) atoms. The second-order valence-corrected chi connectivity index (χ2v) is 11.0. The first-order valence-electron chi connectivity index (χ1n) is 12.5. The molecule has 0 spiro atoms. The summed E-state index contributed by atoms with van der Waals surface area (Å²) in [5.41, 5.74) is 0.869. The fourth-order valence-electron chi connectivity index (χ4n) is 4.64. The lowest BCUT2D eigenvalue weighted by atomic mass is 10.0. The molecule has 0 saturated carbocycles. The van der Waals surface area contributed by atoms with Crippen molar-refractivity contribution >= 4 is 79.5 Å². The molecule has 0 fully saturated rings. The third-order valence-corrected chi connectivity index (χ3v) is 8.50. The van der Waals surface area contributed by atoms with Crippen molar-refractivity contribution in [1.82, 2.24) is 9.97 Å². The molecule has 8 nitrogen and oxygen atoms in total. The van der Waals surface area contributed by atoms with Gasteiger partial charge in [0, 0.05) is 21.9 Å². The zero-order chi connectivity index (χ0) is 29.4. The molecule has 6 aromatic rings. The first kappa shape index (κ1) is 26.9. The van der Waals surface area contributed by atoms with Gasteiger partial charge < -0.3 is 20.4 Å². The van der Waals surface area contributed by atoms with E-state index in [9.17, 15) is 30.0 Å². The van der Waals surface area contributed by atoms with E-state index in [1.54, 1.807) is 35.0 Å². The van der Waals surface area contributed by atoms with Crippen LogP contribution in [0.4, 0.5) is 0 Å². The van der Waals surface area contributed by atoms with Gasteiger partial charge in [-0.2, -0.15) is 0 Å². The summed E-state index contributed by atoms with van der Waals surface area (Å²) in [7, 11) is 0. The average Bonchev–Trinajstić information content (AvgIpc) is 3.66. The van der Waals surface area contributed by atoms with Gasteiger partial charge in [-0.15, -0.1) is 22.7 Å². The number of phenolic OH excluding ortho intramolecular Hbond substituents is 2. The molecule has 10 heteroatoms. The lowest BCUT2D eigenvalue weighted by Crippen LogP contribution is -2.01. The van der Waals surface area contributed by atoms with E-state index in [0.717, 1.165) is 10.8 Å². The van der Waals surface area contributed by atoms with Crippen LogP contribution in [0.3, 0.4) is 0 Å². The van der Waals surface area contributed by atoms with Crippen LogP contribution in [0.1, 0.15) is 22.5 Å². The number of aromatic hydroxyl groups is 2. The van der Waals surface area contributed by atoms with Crippen LogP contribution in [-0.2, 0) is 9.59 Å². The van der Waals surface area contributed by atoms with Gasteiger partial charge in [0.1, 0.15) is 11.5 Å². The van der Waals surface area contributed by atoms with Gasteiger partial charge in [0.25, 0.3) is 0 Å². The Hall–Kier alpha value is -5.32. The van der Waals surface area contributed by atoms with Gasteiger partial charge >= 0.3 is 11.9 Å². The Morgan fingerprint density at radius 2 is 1.00 bits per heavy atom. The SMILES string of the molecule is O=C(O)C(=Cc1c(O)ccc2ccccc12)c1csc(-c2nc(/C(=C/c3c(O)ccc4ccccc34)C(=O)O)cs2)n1. The molecule has 0 aliphatic carbocycles. The Labute approximate surface area is 246 Å². The number of hydrogen-bond acceptors (Lipinski definition) is 8. The number of fused-ring (bicyclic) bond motifs is 2. The number of aromatic nitrogens is 2. The number of carboxylic acid groups (broad SMARTS) is 2. The Kier molecular flexibility index (Phi) is 6.99. The Bertz CT molecular complexity index is 1940. The van der Waals surface area contributed by atoms with Crippen LogP contribution in [0.15, 0.2) is 83.6 Å². The molecule has 4 N–H and O–H groups in total. The predicted octanol–water partition coefficient (Wildman–Crippen LogP) is 7.23.